The Morgan fingerprint density at radius 1 is 0.933 bits per heavy atom. The second-order valence-electron chi connectivity index (χ2n) is 6.06. The van der Waals surface area contributed by atoms with E-state index < -0.39 is 19.8 Å². The van der Waals surface area contributed by atoms with Gasteiger partial charge in [0.05, 0.1) is 13.1 Å². The van der Waals surface area contributed by atoms with E-state index in [0.29, 0.717) is 22.3 Å². The number of carboxylic acid groups (broad SMARTS) is 2. The van der Waals surface area contributed by atoms with Crippen LogP contribution in [0.15, 0.2) is 42.5 Å². The molecule has 0 atom stereocenters. The van der Waals surface area contributed by atoms with E-state index in [0.717, 1.165) is 0 Å². The van der Waals surface area contributed by atoms with Crippen LogP contribution in [0.2, 0.25) is 0 Å². The highest BCUT2D eigenvalue weighted by molar-refractivity contribution is 7.43. The maximum absolute atomic E-state index is 12.3. The first-order valence-corrected chi connectivity index (χ1v) is 9.93. The number of carboxylic acids is 2. The summed E-state index contributed by atoms with van der Waals surface area (Å²) in [7, 11) is -5.12. The fourth-order valence-corrected chi connectivity index (χ4v) is 2.88. The molecule has 0 spiro atoms. The third kappa shape index (κ3) is 8.97. The average molecular weight is 437 g/mol. The van der Waals surface area contributed by atoms with Gasteiger partial charge in [-0.2, -0.15) is 0 Å². The lowest BCUT2D eigenvalue weighted by molar-refractivity contribution is -0.333. The molecule has 2 aromatic carbocycles. The zero-order chi connectivity index (χ0) is 22.9. The van der Waals surface area contributed by atoms with Crippen LogP contribution in [0.1, 0.15) is 27.0 Å². The van der Waals surface area contributed by atoms with Gasteiger partial charge in [0.1, 0.15) is 13.6 Å². The van der Waals surface area contributed by atoms with Crippen molar-refractivity contribution >= 4 is 25.5 Å². The monoisotopic (exact) mass is 437 g/mol. The van der Waals surface area contributed by atoms with Crippen LogP contribution in [-0.2, 0) is 14.2 Å². The molecule has 0 aliphatic heterocycles. The van der Waals surface area contributed by atoms with E-state index in [2.05, 4.69) is 9.84 Å². The van der Waals surface area contributed by atoms with Gasteiger partial charge in [0, 0.05) is 11.1 Å². The number of carbonyl (C=O) groups is 3. The third-order valence-electron chi connectivity index (χ3n) is 3.51. The number of nitrogens with one attached hydrogen (secondary N) is 1. The summed E-state index contributed by atoms with van der Waals surface area (Å²) in [5, 5.41) is 18.1. The van der Waals surface area contributed by atoms with Crippen LogP contribution in [-0.4, -0.2) is 41.0 Å². The second kappa shape index (κ2) is 11.2. The van der Waals surface area contributed by atoms with E-state index in [4.69, 9.17) is 10.2 Å². The molecule has 0 unspecified atom stereocenters. The SMILES string of the molecule is Cc1cc(C(=O)c2ccccc2)cc(C)c1OP(=O)([O-])[O-].O=C(O)CNCC(=O)O. The summed E-state index contributed by atoms with van der Waals surface area (Å²) < 4.78 is 15.2. The molecule has 0 radical (unpaired) electrons. The Hall–Kier alpha value is -3.04. The van der Waals surface area contributed by atoms with Crippen LogP contribution in [0, 0.1) is 13.8 Å². The topological polar surface area (TPSA) is 176 Å². The molecular formula is C19H20NO9P-2. The van der Waals surface area contributed by atoms with Gasteiger partial charge in [0.25, 0.3) is 0 Å². The van der Waals surface area contributed by atoms with Crippen LogP contribution < -0.4 is 19.6 Å². The number of hydrogen-bond acceptors (Lipinski definition) is 8. The van der Waals surface area contributed by atoms with Crippen molar-refractivity contribution in [2.75, 3.05) is 13.1 Å². The van der Waals surface area contributed by atoms with E-state index in [1.54, 1.807) is 38.1 Å². The quantitative estimate of drug-likeness (QED) is 0.389. The van der Waals surface area contributed by atoms with Crippen molar-refractivity contribution < 1.29 is 43.5 Å². The fourth-order valence-electron chi connectivity index (χ4n) is 2.37. The molecule has 2 aromatic rings. The molecule has 11 heteroatoms. The predicted octanol–water partition coefficient (Wildman–Crippen LogP) is 0.487. The molecule has 30 heavy (non-hydrogen) atoms. The molecule has 0 saturated carbocycles. The Balaban J connectivity index is 0.000000424. The minimum Gasteiger partial charge on any atom is -0.780 e. The molecule has 0 fully saturated rings. The van der Waals surface area contributed by atoms with Crippen molar-refractivity contribution in [3.05, 3.63) is 64.7 Å². The largest absolute Gasteiger partial charge is 0.780 e. The molecule has 0 bridgehead atoms. The number of rotatable bonds is 8. The van der Waals surface area contributed by atoms with E-state index in [-0.39, 0.29) is 24.6 Å². The lowest BCUT2D eigenvalue weighted by Crippen LogP contribution is -2.27. The molecule has 0 amide bonds. The maximum Gasteiger partial charge on any atom is 0.317 e. The van der Waals surface area contributed by atoms with Crippen molar-refractivity contribution in [1.29, 1.82) is 0 Å². The Kier molecular flexibility index (Phi) is 9.35. The Morgan fingerprint density at radius 2 is 1.40 bits per heavy atom. The molecule has 0 aliphatic rings. The number of hydrogen-bond donors (Lipinski definition) is 3. The highest BCUT2D eigenvalue weighted by atomic mass is 31.2. The zero-order valence-corrected chi connectivity index (χ0v) is 17.0. The van der Waals surface area contributed by atoms with Crippen LogP contribution in [0.25, 0.3) is 0 Å². The zero-order valence-electron chi connectivity index (χ0n) is 16.2. The number of phosphoric ester groups is 1. The minimum absolute atomic E-state index is 0.0204. The van der Waals surface area contributed by atoms with Crippen molar-refractivity contribution in [1.82, 2.24) is 5.32 Å². The summed E-state index contributed by atoms with van der Waals surface area (Å²) in [5.41, 5.74) is 1.78. The smallest absolute Gasteiger partial charge is 0.317 e. The number of ketones is 1. The summed E-state index contributed by atoms with van der Waals surface area (Å²) in [6, 6.07) is 11.7. The van der Waals surface area contributed by atoms with Gasteiger partial charge < -0.3 is 29.1 Å². The molecule has 10 nitrogen and oxygen atoms in total. The van der Waals surface area contributed by atoms with Crippen LogP contribution in [0.3, 0.4) is 0 Å². The van der Waals surface area contributed by atoms with Crippen LogP contribution >= 0.6 is 7.82 Å². The van der Waals surface area contributed by atoms with Crippen LogP contribution in [0.4, 0.5) is 0 Å². The van der Waals surface area contributed by atoms with Crippen LogP contribution in [0.5, 0.6) is 5.75 Å². The Bertz CT molecular complexity index is 917. The Labute approximate surface area is 172 Å². The molecule has 0 aromatic heterocycles. The van der Waals surface area contributed by atoms with E-state index >= 15 is 0 Å². The average Bonchev–Trinajstić information content (AvgIpc) is 2.64. The normalized spacial score (nSPS) is 10.5. The summed E-state index contributed by atoms with van der Waals surface area (Å²) >= 11 is 0. The van der Waals surface area contributed by atoms with Gasteiger partial charge in [-0.3, -0.25) is 19.7 Å². The first-order chi connectivity index (χ1) is 13.9. The van der Waals surface area contributed by atoms with Crippen molar-refractivity contribution in [2.45, 2.75) is 13.8 Å². The molecule has 3 N–H and O–H groups in total. The van der Waals surface area contributed by atoms with E-state index in [1.807, 2.05) is 6.07 Å². The first-order valence-electron chi connectivity index (χ1n) is 8.47. The number of aryl methyl sites for hydroxylation is 2. The molecule has 0 saturated heterocycles. The number of benzene rings is 2. The summed E-state index contributed by atoms with van der Waals surface area (Å²) in [4.78, 5) is 53.2. The van der Waals surface area contributed by atoms with E-state index in [1.165, 1.54) is 12.1 Å². The summed E-state index contributed by atoms with van der Waals surface area (Å²) in [6.45, 7) is 2.54. The lowest BCUT2D eigenvalue weighted by atomic mass is 9.99. The highest BCUT2D eigenvalue weighted by Gasteiger charge is 2.14. The predicted molar refractivity (Wildman–Crippen MR) is 102 cm³/mol. The van der Waals surface area contributed by atoms with Crippen molar-refractivity contribution in [2.24, 2.45) is 0 Å². The van der Waals surface area contributed by atoms with Gasteiger partial charge in [0.15, 0.2) is 5.78 Å². The van der Waals surface area contributed by atoms with Crippen molar-refractivity contribution in [3.63, 3.8) is 0 Å². The van der Waals surface area contributed by atoms with Gasteiger partial charge in [0.2, 0.25) is 0 Å². The maximum atomic E-state index is 12.3. The summed E-state index contributed by atoms with van der Waals surface area (Å²) in [5.74, 6) is -2.32. The second-order valence-corrected chi connectivity index (χ2v) is 7.14. The Morgan fingerprint density at radius 3 is 1.80 bits per heavy atom. The lowest BCUT2D eigenvalue weighted by Gasteiger charge is -2.30. The van der Waals surface area contributed by atoms with Crippen molar-refractivity contribution in [3.8, 4) is 5.75 Å². The minimum atomic E-state index is -5.12. The number of aliphatic carboxylic acids is 2. The molecule has 162 valence electrons. The van der Waals surface area contributed by atoms with Gasteiger partial charge >= 0.3 is 11.9 Å². The first kappa shape index (κ1) is 25.0. The molecular weight excluding hydrogens is 417 g/mol. The number of phosphoric acid groups is 1. The highest BCUT2D eigenvalue weighted by Crippen LogP contribution is 2.35. The van der Waals surface area contributed by atoms with Gasteiger partial charge in [-0.05, 0) is 37.1 Å². The summed E-state index contributed by atoms with van der Waals surface area (Å²) in [6.07, 6.45) is 0. The van der Waals surface area contributed by atoms with Gasteiger partial charge in [-0.1, -0.05) is 30.3 Å². The van der Waals surface area contributed by atoms with E-state index in [9.17, 15) is 28.7 Å². The number of carbonyl (C=O) groups excluding carboxylic acids is 1. The standard InChI is InChI=1S/C15H15O5P.C4H7NO4/c1-10-8-13(14(16)12-6-4-3-5-7-12)9-11(2)15(10)20-21(17,18)19;6-3(7)1-5-2-4(8)9/h3-9H,1-2H3,(H2,17,18,19);5H,1-2H2,(H,6,7)(H,8,9)/p-2. The fraction of sp³-hybridized carbons (Fsp3) is 0.211. The molecule has 2 rings (SSSR count). The molecule has 0 aliphatic carbocycles. The third-order valence-corrected chi connectivity index (χ3v) is 3.92. The molecule has 0 heterocycles. The van der Waals surface area contributed by atoms with Gasteiger partial charge in [-0.25, -0.2) is 0 Å². The van der Waals surface area contributed by atoms with Gasteiger partial charge in [-0.15, -0.1) is 0 Å².